The van der Waals surface area contributed by atoms with E-state index in [0.717, 1.165) is 199 Å². The predicted molar refractivity (Wildman–Crippen MR) is 546 cm³/mol. The largest absolute Gasteiger partial charge is 0.472 e. The van der Waals surface area contributed by atoms with E-state index in [2.05, 4.69) is 227 Å². The van der Waals surface area contributed by atoms with E-state index in [0.29, 0.717) is 19.3 Å². The number of carbonyl (C=O) groups excluding carboxylic acids is 3. The molecule has 0 heterocycles. The van der Waals surface area contributed by atoms with E-state index in [9.17, 15) is 43.5 Å². The average molecular weight is 1840 g/mol. The molecule has 0 saturated heterocycles. The van der Waals surface area contributed by atoms with Gasteiger partial charge in [-0.25, -0.2) is 9.13 Å². The fraction of sp³-hybridized carbons (Fsp3) is 0.667. The van der Waals surface area contributed by atoms with Crippen LogP contribution < -0.4 is 0 Å². The minimum absolute atomic E-state index is 0.0972. The summed E-state index contributed by atoms with van der Waals surface area (Å²) in [6, 6.07) is 0. The van der Waals surface area contributed by atoms with Crippen molar-refractivity contribution >= 4 is 33.6 Å². The first-order chi connectivity index (χ1) is 63.2. The van der Waals surface area contributed by atoms with Gasteiger partial charge in [0, 0.05) is 19.3 Å². The Balaban J connectivity index is 4.64. The maximum Gasteiger partial charge on any atom is 0.472 e. The average Bonchev–Trinajstić information content (AvgIpc) is 0.898. The molecule has 0 spiro atoms. The van der Waals surface area contributed by atoms with Crippen molar-refractivity contribution in [1.82, 2.24) is 0 Å². The highest BCUT2D eigenvalue weighted by Crippen LogP contribution is 2.45. The fourth-order valence-corrected chi connectivity index (χ4v) is 15.4. The molecule has 0 radical (unpaired) electrons. The number of aliphatic hydroxyl groups is 2. The van der Waals surface area contributed by atoms with Crippen molar-refractivity contribution in [2.75, 3.05) is 39.6 Å². The summed E-state index contributed by atoms with van der Waals surface area (Å²) in [5, 5.41) is 20.8. The van der Waals surface area contributed by atoms with Gasteiger partial charge in [-0.2, -0.15) is 0 Å². The van der Waals surface area contributed by atoms with Crippen molar-refractivity contribution in [3.8, 4) is 0 Å². The van der Waals surface area contributed by atoms with E-state index < -0.39 is 91.5 Å². The number of carbonyl (C=O) groups is 3. The fourth-order valence-electron chi connectivity index (χ4n) is 13.8. The van der Waals surface area contributed by atoms with Gasteiger partial charge in [-0.05, 0) is 167 Å². The van der Waals surface area contributed by atoms with Crippen LogP contribution >= 0.6 is 15.6 Å². The number of hydrogen-bond donors (Lipinski definition) is 4. The zero-order chi connectivity index (χ0) is 93.5. The van der Waals surface area contributed by atoms with E-state index >= 15 is 0 Å². The summed E-state index contributed by atoms with van der Waals surface area (Å²) in [5.41, 5.74) is 0. The van der Waals surface area contributed by atoms with Gasteiger partial charge in [0.25, 0.3) is 0 Å². The molecule has 129 heavy (non-hydrogen) atoms. The monoisotopic (exact) mass is 1840 g/mol. The topological polar surface area (TPSA) is 231 Å². The Morgan fingerprint density at radius 3 is 0.612 bits per heavy atom. The summed E-state index contributed by atoms with van der Waals surface area (Å²) in [6.07, 6.45) is 137. The van der Waals surface area contributed by atoms with Crippen LogP contribution in [-0.2, 0) is 55.8 Å². The minimum Gasteiger partial charge on any atom is -0.463 e. The molecule has 18 heteroatoms. The summed E-state index contributed by atoms with van der Waals surface area (Å²) in [6.45, 7) is 2.40. The Hall–Kier alpha value is -5.87. The van der Waals surface area contributed by atoms with Crippen molar-refractivity contribution in [3.05, 3.63) is 207 Å². The number of phosphoric acid groups is 2. The van der Waals surface area contributed by atoms with Crippen LogP contribution in [0.4, 0.5) is 0 Å². The van der Waals surface area contributed by atoms with E-state index in [-0.39, 0.29) is 19.3 Å². The molecule has 5 unspecified atom stereocenters. The van der Waals surface area contributed by atoms with Crippen LogP contribution in [0.15, 0.2) is 207 Å². The van der Waals surface area contributed by atoms with Gasteiger partial charge in [0.1, 0.15) is 25.4 Å². The zero-order valence-electron chi connectivity index (χ0n) is 81.5. The molecule has 0 aromatic heterocycles. The lowest BCUT2D eigenvalue weighted by molar-refractivity contribution is -0.161. The quantitative estimate of drug-likeness (QED) is 0.0146. The van der Waals surface area contributed by atoms with Crippen molar-refractivity contribution < 1.29 is 75.8 Å². The number of phosphoric ester groups is 2. The molecule has 0 aliphatic rings. The minimum atomic E-state index is -4.95. The Kier molecular flexibility index (Phi) is 96.5. The van der Waals surface area contributed by atoms with Crippen LogP contribution in [0.2, 0.25) is 0 Å². The number of ether oxygens (including phenoxy) is 3. The number of aliphatic hydroxyl groups excluding tert-OH is 2. The molecule has 0 aromatic rings. The lowest BCUT2D eigenvalue weighted by Gasteiger charge is -2.21. The van der Waals surface area contributed by atoms with Gasteiger partial charge in [0.15, 0.2) is 6.10 Å². The lowest BCUT2D eigenvalue weighted by Crippen LogP contribution is -2.30. The van der Waals surface area contributed by atoms with Crippen molar-refractivity contribution in [2.45, 2.75) is 437 Å². The molecule has 5 atom stereocenters. The first-order valence-electron chi connectivity index (χ1n) is 51.4. The molecule has 0 aromatic carbocycles. The summed E-state index contributed by atoms with van der Waals surface area (Å²) >= 11 is 0. The molecule has 16 nitrogen and oxygen atoms in total. The molecule has 0 aliphatic heterocycles. The maximum atomic E-state index is 13.1. The van der Waals surface area contributed by atoms with Crippen LogP contribution in [0.5, 0.6) is 0 Å². The van der Waals surface area contributed by atoms with Gasteiger partial charge >= 0.3 is 33.6 Å². The normalized spacial score (nSPS) is 14.5. The maximum absolute atomic E-state index is 13.1. The number of unbranched alkanes of at least 4 members (excludes halogenated alkanes) is 39. The van der Waals surface area contributed by atoms with Crippen molar-refractivity contribution in [1.29, 1.82) is 0 Å². The summed E-state index contributed by atoms with van der Waals surface area (Å²) in [4.78, 5) is 59.3. The highest BCUT2D eigenvalue weighted by atomic mass is 31.2. The SMILES string of the molecule is CC/C=C\C/C=C\C/C=C\C/C=C\C/C=C\C/C=C\CCCCCCCCCCCCCCCCC(=O)OCC(O)COP(=O)(O)OCC(O)COP(=O)(O)OCC(COC(=O)CCCCCCCCCCCCCC/C=C\C/C=C\C/C=C\C/C=C\C/C=C\C/C=C\CC)OC(=O)CCCCCCCCCCCCCCC/C=C\C/C=C\C/C=C\C/C=C\C/C=C\CC. The standard InChI is InChI=1S/C111H186O16P2/c1-4-7-10-13-16-19-22-25-28-31-34-37-40-43-46-49-51-52-54-57-58-61-64-67-70-73-76-79-82-85-88-91-94-97-109(114)121-100-106(112)101-123-128(117,118)124-102-107(113)103-125-129(119,120)126-105-108(127-111(116)99-96-93-90-87-84-81-78-75-72-69-66-63-60-55-48-45-42-39-36-33-30-27-24-21-18-15-12-9-6-3)104-122-110(115)98-95-92-89-86-83-80-77-74-71-68-65-62-59-56-53-50-47-44-41-38-35-32-29-26-23-20-17-14-11-8-5-2/h7-12,16-21,25-30,34-39,43-48,51-53,56,106-108,112-113H,4-6,13-15,22-24,31-33,40-42,49-50,54-55,57-105H2,1-3H3,(H,117,118)(H,119,120)/b10-7-,11-8-,12-9-,19-16-,20-17-,21-18-,28-25-,29-26-,30-27-,37-34-,38-35-,39-36-,46-43-,47-44-,48-45-,52-51-,56-53-. The second-order valence-corrected chi connectivity index (χ2v) is 36.8. The Morgan fingerprint density at radius 2 is 0.388 bits per heavy atom. The zero-order valence-corrected chi connectivity index (χ0v) is 83.3. The highest BCUT2D eigenvalue weighted by Gasteiger charge is 2.30. The summed E-state index contributed by atoms with van der Waals surface area (Å²) < 4.78 is 61.7. The Morgan fingerprint density at radius 1 is 0.217 bits per heavy atom. The van der Waals surface area contributed by atoms with Crippen LogP contribution in [0.25, 0.3) is 0 Å². The smallest absolute Gasteiger partial charge is 0.463 e. The second kappa shape index (κ2) is 101. The number of hydrogen-bond acceptors (Lipinski definition) is 14. The first-order valence-corrected chi connectivity index (χ1v) is 54.4. The predicted octanol–water partition coefficient (Wildman–Crippen LogP) is 32.7. The number of rotatable bonds is 96. The van der Waals surface area contributed by atoms with Crippen molar-refractivity contribution in [2.24, 2.45) is 0 Å². The molecule has 0 saturated carbocycles. The van der Waals surface area contributed by atoms with Crippen LogP contribution in [0.1, 0.15) is 419 Å². The highest BCUT2D eigenvalue weighted by molar-refractivity contribution is 7.47. The molecular weight excluding hydrogens is 1650 g/mol. The van der Waals surface area contributed by atoms with Crippen molar-refractivity contribution in [3.63, 3.8) is 0 Å². The Labute approximate surface area is 788 Å². The molecule has 0 fully saturated rings. The number of allylic oxidation sites excluding steroid dienone is 34. The third-order valence-electron chi connectivity index (χ3n) is 21.5. The van der Waals surface area contributed by atoms with Gasteiger partial charge in [-0.15, -0.1) is 0 Å². The molecular formula is C111H186O16P2. The van der Waals surface area contributed by atoms with E-state index in [1.54, 1.807) is 0 Å². The lowest BCUT2D eigenvalue weighted by atomic mass is 10.0. The van der Waals surface area contributed by atoms with Crippen LogP contribution in [0, 0.1) is 0 Å². The Bertz CT molecular complexity index is 3180. The molecule has 0 bridgehead atoms. The number of esters is 3. The molecule has 736 valence electrons. The second-order valence-electron chi connectivity index (χ2n) is 33.8. The third kappa shape index (κ3) is 102. The first kappa shape index (κ1) is 123. The van der Waals surface area contributed by atoms with E-state index in [1.165, 1.54) is 161 Å². The van der Waals surface area contributed by atoms with Gasteiger partial charge in [-0.1, -0.05) is 439 Å². The van der Waals surface area contributed by atoms with Crippen LogP contribution in [-0.4, -0.2) is 95.9 Å². The summed E-state index contributed by atoms with van der Waals surface area (Å²) in [5.74, 6) is -1.57. The van der Waals surface area contributed by atoms with E-state index in [4.69, 9.17) is 32.3 Å². The summed E-state index contributed by atoms with van der Waals surface area (Å²) in [7, 11) is -9.83. The third-order valence-corrected chi connectivity index (χ3v) is 23.4. The molecule has 4 N–H and O–H groups in total. The van der Waals surface area contributed by atoms with Gasteiger partial charge in [0.05, 0.1) is 26.4 Å². The van der Waals surface area contributed by atoms with Gasteiger partial charge < -0.3 is 34.2 Å². The molecule has 0 aliphatic carbocycles. The molecule has 0 amide bonds. The van der Waals surface area contributed by atoms with E-state index in [1.807, 2.05) is 0 Å². The van der Waals surface area contributed by atoms with Gasteiger partial charge in [0.2, 0.25) is 0 Å². The van der Waals surface area contributed by atoms with Crippen LogP contribution in [0.3, 0.4) is 0 Å². The van der Waals surface area contributed by atoms with Gasteiger partial charge in [-0.3, -0.25) is 32.5 Å². The molecule has 0 rings (SSSR count).